The Morgan fingerprint density at radius 2 is 1.83 bits per heavy atom. The van der Waals surface area contributed by atoms with Crippen LogP contribution in [0.4, 0.5) is 5.69 Å². The largest absolute Gasteiger partial charge is 0.378 e. The van der Waals surface area contributed by atoms with Crippen LogP contribution in [0.5, 0.6) is 0 Å². The van der Waals surface area contributed by atoms with E-state index in [1.807, 2.05) is 25.7 Å². The molecular weight excluding hydrogens is 481 g/mol. The number of hydrogen-bond donors (Lipinski definition) is 2. The molecule has 1 amide bonds. The van der Waals surface area contributed by atoms with Gasteiger partial charge in [0.05, 0.1) is 19.8 Å². The molecule has 1 fully saturated rings. The van der Waals surface area contributed by atoms with Gasteiger partial charge in [0.15, 0.2) is 5.96 Å². The molecule has 1 saturated heterocycles. The molecule has 0 aliphatic carbocycles. The monoisotopic (exact) mass is 517 g/mol. The van der Waals surface area contributed by atoms with Crippen molar-refractivity contribution in [1.82, 2.24) is 15.5 Å². The molecule has 1 aromatic carbocycles. The molecule has 0 atom stereocenters. The molecule has 7 nitrogen and oxygen atoms in total. The minimum atomic E-state index is 0. The van der Waals surface area contributed by atoms with E-state index in [9.17, 15) is 4.79 Å². The highest BCUT2D eigenvalue weighted by atomic mass is 127. The first-order valence-electron chi connectivity index (χ1n) is 10.4. The summed E-state index contributed by atoms with van der Waals surface area (Å²) in [6.07, 6.45) is 0.469. The fourth-order valence-electron chi connectivity index (χ4n) is 3.29. The lowest BCUT2D eigenvalue weighted by molar-refractivity contribution is -0.130. The van der Waals surface area contributed by atoms with Gasteiger partial charge >= 0.3 is 0 Å². The van der Waals surface area contributed by atoms with Gasteiger partial charge in [-0.2, -0.15) is 0 Å². The Kier molecular flexibility index (Phi) is 12.7. The number of hydrogen-bond acceptors (Lipinski definition) is 4. The number of amides is 1. The van der Waals surface area contributed by atoms with Crippen molar-refractivity contribution in [2.45, 2.75) is 33.7 Å². The summed E-state index contributed by atoms with van der Waals surface area (Å²) in [6.45, 7) is 12.9. The number of rotatable bonds is 9. The van der Waals surface area contributed by atoms with Gasteiger partial charge in [-0.25, -0.2) is 4.99 Å². The second kappa shape index (κ2) is 14.4. The maximum absolute atomic E-state index is 12.2. The molecular formula is C21H36IN5O2. The Balaban J connectivity index is 0.00000420. The summed E-state index contributed by atoms with van der Waals surface area (Å²) in [7, 11) is 0. The van der Waals surface area contributed by atoms with Crippen LogP contribution >= 0.6 is 24.0 Å². The van der Waals surface area contributed by atoms with E-state index in [4.69, 9.17) is 9.73 Å². The van der Waals surface area contributed by atoms with Crippen LogP contribution in [0.2, 0.25) is 0 Å². The highest BCUT2D eigenvalue weighted by Crippen LogP contribution is 2.22. The maximum Gasteiger partial charge on any atom is 0.224 e. The van der Waals surface area contributed by atoms with Gasteiger partial charge in [-0.05, 0) is 32.4 Å². The number of nitrogens with one attached hydrogen (secondary N) is 2. The van der Waals surface area contributed by atoms with Crippen LogP contribution in [0.15, 0.2) is 29.3 Å². The van der Waals surface area contributed by atoms with Crippen molar-refractivity contribution in [3.05, 3.63) is 29.8 Å². The first kappa shape index (κ1) is 25.5. The summed E-state index contributed by atoms with van der Waals surface area (Å²) in [5, 5.41) is 6.54. The Bertz CT molecular complexity index is 631. The summed E-state index contributed by atoms with van der Waals surface area (Å²) in [5.41, 5.74) is 2.42. The summed E-state index contributed by atoms with van der Waals surface area (Å²) in [4.78, 5) is 21.1. The number of para-hydroxylation sites is 1. The lowest BCUT2D eigenvalue weighted by Crippen LogP contribution is -2.40. The maximum atomic E-state index is 12.2. The van der Waals surface area contributed by atoms with Crippen molar-refractivity contribution in [2.75, 3.05) is 57.4 Å². The highest BCUT2D eigenvalue weighted by molar-refractivity contribution is 14.0. The molecule has 8 heteroatoms. The van der Waals surface area contributed by atoms with E-state index in [1.54, 1.807) is 0 Å². The van der Waals surface area contributed by atoms with Crippen molar-refractivity contribution in [2.24, 2.45) is 4.99 Å². The lowest BCUT2D eigenvalue weighted by Gasteiger charge is -2.30. The first-order valence-corrected chi connectivity index (χ1v) is 10.4. The molecule has 0 radical (unpaired) electrons. The van der Waals surface area contributed by atoms with Crippen molar-refractivity contribution >= 4 is 41.5 Å². The molecule has 1 aromatic rings. The van der Waals surface area contributed by atoms with E-state index in [0.29, 0.717) is 19.5 Å². The third-order valence-electron chi connectivity index (χ3n) is 4.84. The number of nitrogens with zero attached hydrogens (tertiary/aromatic N) is 3. The number of guanidine groups is 1. The van der Waals surface area contributed by atoms with Crippen LogP contribution in [0, 0.1) is 0 Å². The van der Waals surface area contributed by atoms with Gasteiger partial charge in [-0.3, -0.25) is 4.79 Å². The van der Waals surface area contributed by atoms with Gasteiger partial charge in [0.2, 0.25) is 5.91 Å². The number of carbonyl (C=O) groups is 1. The molecule has 1 aliphatic heterocycles. The average Bonchev–Trinajstić information content (AvgIpc) is 2.74. The zero-order valence-electron chi connectivity index (χ0n) is 17.9. The van der Waals surface area contributed by atoms with Crippen molar-refractivity contribution in [3.63, 3.8) is 0 Å². The van der Waals surface area contributed by atoms with Crippen molar-refractivity contribution in [3.8, 4) is 0 Å². The number of benzene rings is 1. The highest BCUT2D eigenvalue weighted by Gasteiger charge is 2.14. The number of morpholine rings is 1. The van der Waals surface area contributed by atoms with Crippen LogP contribution in [0.1, 0.15) is 32.8 Å². The fraction of sp³-hybridized carbons (Fsp3) is 0.619. The van der Waals surface area contributed by atoms with Gasteiger partial charge in [0.25, 0.3) is 0 Å². The molecule has 0 bridgehead atoms. The molecule has 0 unspecified atom stereocenters. The Hall–Kier alpha value is -1.55. The van der Waals surface area contributed by atoms with Crippen molar-refractivity contribution in [1.29, 1.82) is 0 Å². The SMILES string of the molecule is CCNC(=NCc1ccccc1N1CCOCC1)NCCC(=O)N(CC)CC.I. The second-order valence-electron chi connectivity index (χ2n) is 6.67. The third-order valence-corrected chi connectivity index (χ3v) is 4.84. The molecule has 0 saturated carbocycles. The molecule has 2 N–H and O–H groups in total. The topological polar surface area (TPSA) is 69.2 Å². The summed E-state index contributed by atoms with van der Waals surface area (Å²) in [5.74, 6) is 0.914. The lowest BCUT2D eigenvalue weighted by atomic mass is 10.1. The minimum Gasteiger partial charge on any atom is -0.378 e. The van der Waals surface area contributed by atoms with Crippen LogP contribution in [-0.2, 0) is 16.1 Å². The van der Waals surface area contributed by atoms with E-state index in [1.165, 1.54) is 11.3 Å². The summed E-state index contributed by atoms with van der Waals surface area (Å²) < 4.78 is 5.47. The van der Waals surface area contributed by atoms with Gasteiger partial charge < -0.3 is 25.2 Å². The average molecular weight is 517 g/mol. The molecule has 29 heavy (non-hydrogen) atoms. The van der Waals surface area contributed by atoms with Crippen molar-refractivity contribution < 1.29 is 9.53 Å². The molecule has 1 aliphatic rings. The summed E-state index contributed by atoms with van der Waals surface area (Å²) in [6, 6.07) is 8.40. The molecule has 164 valence electrons. The van der Waals surface area contributed by atoms with E-state index in [-0.39, 0.29) is 29.9 Å². The quantitative estimate of drug-likeness (QED) is 0.299. The summed E-state index contributed by atoms with van der Waals surface area (Å²) >= 11 is 0. The smallest absolute Gasteiger partial charge is 0.224 e. The van der Waals surface area contributed by atoms with E-state index in [2.05, 4.69) is 39.8 Å². The van der Waals surface area contributed by atoms with E-state index < -0.39 is 0 Å². The molecule has 1 heterocycles. The zero-order chi connectivity index (χ0) is 20.2. The zero-order valence-corrected chi connectivity index (χ0v) is 20.3. The molecule has 0 aromatic heterocycles. The van der Waals surface area contributed by atoms with E-state index >= 15 is 0 Å². The Labute approximate surface area is 192 Å². The second-order valence-corrected chi connectivity index (χ2v) is 6.67. The Morgan fingerprint density at radius 3 is 2.48 bits per heavy atom. The molecule has 2 rings (SSSR count). The van der Waals surface area contributed by atoms with Gasteiger partial charge in [0.1, 0.15) is 0 Å². The van der Waals surface area contributed by atoms with Gasteiger partial charge in [-0.15, -0.1) is 24.0 Å². The van der Waals surface area contributed by atoms with Crippen LogP contribution in [0.25, 0.3) is 0 Å². The number of anilines is 1. The van der Waals surface area contributed by atoms with Crippen LogP contribution < -0.4 is 15.5 Å². The standard InChI is InChI=1S/C21H35N5O2.HI/c1-4-22-21(23-12-11-20(27)25(5-2)6-3)24-17-18-9-7-8-10-19(18)26-13-15-28-16-14-26;/h7-10H,4-6,11-17H2,1-3H3,(H2,22,23,24);1H. The number of halogens is 1. The van der Waals surface area contributed by atoms with Crippen LogP contribution in [0.3, 0.4) is 0 Å². The normalized spacial score (nSPS) is 14.2. The fourth-order valence-corrected chi connectivity index (χ4v) is 3.29. The third kappa shape index (κ3) is 8.38. The Morgan fingerprint density at radius 1 is 1.14 bits per heavy atom. The minimum absolute atomic E-state index is 0. The van der Waals surface area contributed by atoms with Crippen LogP contribution in [-0.4, -0.2) is 69.2 Å². The van der Waals surface area contributed by atoms with Gasteiger partial charge in [-0.1, -0.05) is 18.2 Å². The van der Waals surface area contributed by atoms with Gasteiger partial charge in [0, 0.05) is 51.4 Å². The number of aliphatic imine (C=N–C) groups is 1. The number of carbonyl (C=O) groups excluding carboxylic acids is 1. The first-order chi connectivity index (χ1) is 13.7. The number of ether oxygens (including phenoxy) is 1. The predicted molar refractivity (Wildman–Crippen MR) is 130 cm³/mol. The predicted octanol–water partition coefficient (Wildman–Crippen LogP) is 2.45. The van der Waals surface area contributed by atoms with E-state index in [0.717, 1.165) is 51.9 Å². The molecule has 0 spiro atoms.